The maximum Gasteiger partial charge on any atom is 0.230 e. The van der Waals surface area contributed by atoms with Gasteiger partial charge in [0.25, 0.3) is 0 Å². The van der Waals surface area contributed by atoms with Crippen LogP contribution in [0.25, 0.3) is 5.57 Å². The summed E-state index contributed by atoms with van der Waals surface area (Å²) in [4.78, 5) is 2.30. The number of rotatable bonds is 2. The van der Waals surface area contributed by atoms with Crippen LogP contribution in [-0.2, 0) is 16.0 Å². The molecule has 2 aliphatic carbocycles. The first-order valence-corrected chi connectivity index (χ1v) is 8.32. The summed E-state index contributed by atoms with van der Waals surface area (Å²) in [6, 6.07) is 4.16. The van der Waals surface area contributed by atoms with E-state index in [9.17, 15) is 0 Å². The number of benzene rings is 1. The van der Waals surface area contributed by atoms with Crippen LogP contribution in [0.2, 0.25) is 0 Å². The lowest BCUT2D eigenvalue weighted by Crippen LogP contribution is -2.24. The van der Waals surface area contributed by atoms with Crippen LogP contribution >= 0.6 is 0 Å². The van der Waals surface area contributed by atoms with Gasteiger partial charge in [-0.1, -0.05) is 0 Å². The van der Waals surface area contributed by atoms with Gasteiger partial charge in [0.1, 0.15) is 5.76 Å². The molecule has 2 heterocycles. The molecular weight excluding hydrogens is 318 g/mol. The lowest BCUT2D eigenvalue weighted by Gasteiger charge is -2.32. The zero-order chi connectivity index (χ0) is 17.1. The smallest absolute Gasteiger partial charge is 0.230 e. The molecule has 1 aromatic carbocycles. The highest BCUT2D eigenvalue weighted by atomic mass is 16.7. The molecule has 0 atom stereocenters. The van der Waals surface area contributed by atoms with Crippen LogP contribution in [0.5, 0.6) is 11.5 Å². The highest BCUT2D eigenvalue weighted by molar-refractivity contribution is 5.91. The van der Waals surface area contributed by atoms with Gasteiger partial charge in [-0.2, -0.15) is 0 Å². The fourth-order valence-electron chi connectivity index (χ4n) is 4.08. The summed E-state index contributed by atoms with van der Waals surface area (Å²) in [7, 11) is 5.48. The Morgan fingerprint density at radius 1 is 1.04 bits per heavy atom. The second-order valence-electron chi connectivity index (χ2n) is 6.58. The third-order valence-corrected chi connectivity index (χ3v) is 5.22. The van der Waals surface area contributed by atoms with Gasteiger partial charge in [0.15, 0.2) is 17.3 Å². The monoisotopic (exact) mass is 337 g/mol. The molecule has 0 bridgehead atoms. The molecule has 5 rings (SSSR count). The normalized spacial score (nSPS) is 20.0. The van der Waals surface area contributed by atoms with Crippen molar-refractivity contribution < 1.29 is 18.9 Å². The van der Waals surface area contributed by atoms with Crippen LogP contribution in [0, 0.1) is 0 Å². The summed E-state index contributed by atoms with van der Waals surface area (Å²) in [6.07, 6.45) is 5.12. The van der Waals surface area contributed by atoms with Gasteiger partial charge in [0, 0.05) is 31.3 Å². The summed E-state index contributed by atoms with van der Waals surface area (Å²) in [5.74, 6) is 3.33. The Kier molecular flexibility index (Phi) is 2.95. The van der Waals surface area contributed by atoms with Crippen LogP contribution in [-0.4, -0.2) is 33.0 Å². The minimum atomic E-state index is 0.323. The van der Waals surface area contributed by atoms with Crippen molar-refractivity contribution in [3.05, 3.63) is 63.8 Å². The van der Waals surface area contributed by atoms with Crippen LogP contribution in [0.15, 0.2) is 52.6 Å². The van der Waals surface area contributed by atoms with E-state index >= 15 is 0 Å². The van der Waals surface area contributed by atoms with Crippen LogP contribution in [0.1, 0.15) is 17.5 Å². The predicted octanol–water partition coefficient (Wildman–Crippen LogP) is 3.35. The van der Waals surface area contributed by atoms with E-state index < -0.39 is 0 Å². The van der Waals surface area contributed by atoms with E-state index in [0.29, 0.717) is 6.79 Å². The first kappa shape index (κ1) is 14.5. The number of allylic oxidation sites excluding steroid dienone is 5. The van der Waals surface area contributed by atoms with Crippen LogP contribution in [0.4, 0.5) is 0 Å². The molecule has 0 aromatic heterocycles. The third-order valence-electron chi connectivity index (χ3n) is 5.22. The molecule has 0 amide bonds. The molecule has 0 spiro atoms. The SMILES string of the molecule is COc1cc2c(cc1OC)C1=CC3=CC4=C(CC3=C1N(C)C2)OCO4. The van der Waals surface area contributed by atoms with Crippen molar-refractivity contribution in [2.75, 3.05) is 28.1 Å². The van der Waals surface area contributed by atoms with Gasteiger partial charge in [0.2, 0.25) is 6.79 Å². The molecular formula is C20H19NO4. The zero-order valence-electron chi connectivity index (χ0n) is 14.5. The molecule has 0 N–H and O–H groups in total. The van der Waals surface area contributed by atoms with Gasteiger partial charge in [-0.25, -0.2) is 0 Å². The Balaban J connectivity index is 1.68. The standard InChI is InChI=1S/C20H19NO4/c1-21-9-12-6-16(22-2)17(23-3)7-13(12)15-4-11-5-18-19(25-10-24-18)8-14(11)20(15)21/h4-7H,8-10H2,1-3H3. The quantitative estimate of drug-likeness (QED) is 0.828. The molecule has 0 unspecified atom stereocenters. The lowest BCUT2D eigenvalue weighted by molar-refractivity contribution is 0.0736. The number of fused-ring (bicyclic) bond motifs is 4. The first-order valence-electron chi connectivity index (χ1n) is 8.32. The van der Waals surface area contributed by atoms with Crippen molar-refractivity contribution in [3.8, 4) is 11.5 Å². The summed E-state index contributed by atoms with van der Waals surface area (Å²) < 4.78 is 22.2. The maximum absolute atomic E-state index is 5.62. The maximum atomic E-state index is 5.62. The Morgan fingerprint density at radius 3 is 2.64 bits per heavy atom. The molecule has 128 valence electrons. The Morgan fingerprint density at radius 2 is 1.84 bits per heavy atom. The van der Waals surface area contributed by atoms with Crippen LogP contribution in [0.3, 0.4) is 0 Å². The van der Waals surface area contributed by atoms with Gasteiger partial charge in [-0.05, 0) is 46.6 Å². The average molecular weight is 337 g/mol. The number of methoxy groups -OCH3 is 2. The van der Waals surface area contributed by atoms with Gasteiger partial charge in [0.05, 0.1) is 14.2 Å². The largest absolute Gasteiger partial charge is 0.493 e. The first-order chi connectivity index (χ1) is 12.2. The molecule has 1 aromatic rings. The molecule has 0 saturated carbocycles. The highest BCUT2D eigenvalue weighted by Crippen LogP contribution is 2.49. The summed E-state index contributed by atoms with van der Waals surface area (Å²) in [6.45, 7) is 1.16. The molecule has 0 saturated heterocycles. The zero-order valence-corrected chi connectivity index (χ0v) is 14.5. The minimum absolute atomic E-state index is 0.323. The molecule has 0 radical (unpaired) electrons. The van der Waals surface area contributed by atoms with E-state index in [0.717, 1.165) is 36.0 Å². The van der Waals surface area contributed by atoms with Gasteiger partial charge < -0.3 is 23.8 Å². The van der Waals surface area contributed by atoms with Crippen molar-refractivity contribution in [2.24, 2.45) is 0 Å². The number of likely N-dealkylation sites (N-methyl/N-ethyl adjacent to an activating group) is 1. The number of hydrogen-bond donors (Lipinski definition) is 0. The third kappa shape index (κ3) is 1.95. The van der Waals surface area contributed by atoms with E-state index in [-0.39, 0.29) is 0 Å². The van der Waals surface area contributed by atoms with E-state index in [4.69, 9.17) is 18.9 Å². The predicted molar refractivity (Wildman–Crippen MR) is 92.8 cm³/mol. The van der Waals surface area contributed by atoms with E-state index in [1.54, 1.807) is 14.2 Å². The summed E-state index contributed by atoms with van der Waals surface area (Å²) in [5, 5.41) is 0. The van der Waals surface area contributed by atoms with E-state index in [1.165, 1.54) is 33.5 Å². The Hall–Kier alpha value is -2.82. The number of hydrogen-bond acceptors (Lipinski definition) is 5. The van der Waals surface area contributed by atoms with E-state index in [1.807, 2.05) is 0 Å². The average Bonchev–Trinajstić information content (AvgIpc) is 3.22. The number of ether oxygens (including phenoxy) is 4. The highest BCUT2D eigenvalue weighted by Gasteiger charge is 2.35. The Labute approximate surface area is 146 Å². The fourth-order valence-corrected chi connectivity index (χ4v) is 4.08. The van der Waals surface area contributed by atoms with Gasteiger partial charge >= 0.3 is 0 Å². The van der Waals surface area contributed by atoms with Crippen molar-refractivity contribution in [3.63, 3.8) is 0 Å². The molecule has 0 fully saturated rings. The van der Waals surface area contributed by atoms with Crippen molar-refractivity contribution in [1.82, 2.24) is 4.90 Å². The molecule has 25 heavy (non-hydrogen) atoms. The summed E-state index contributed by atoms with van der Waals surface area (Å²) >= 11 is 0. The van der Waals surface area contributed by atoms with Gasteiger partial charge in [-0.3, -0.25) is 0 Å². The second-order valence-corrected chi connectivity index (χ2v) is 6.58. The summed E-state index contributed by atoms with van der Waals surface area (Å²) in [5.41, 5.74) is 7.46. The van der Waals surface area contributed by atoms with Crippen molar-refractivity contribution >= 4 is 5.57 Å². The Bertz CT molecular complexity index is 920. The van der Waals surface area contributed by atoms with E-state index in [2.05, 4.69) is 36.2 Å². The number of nitrogens with zero attached hydrogens (tertiary/aromatic N) is 1. The van der Waals surface area contributed by atoms with Crippen molar-refractivity contribution in [2.45, 2.75) is 13.0 Å². The second kappa shape index (κ2) is 5.09. The van der Waals surface area contributed by atoms with Crippen LogP contribution < -0.4 is 9.47 Å². The molecule has 2 aliphatic heterocycles. The van der Waals surface area contributed by atoms with Gasteiger partial charge in [-0.15, -0.1) is 0 Å². The lowest BCUT2D eigenvalue weighted by atomic mass is 9.91. The minimum Gasteiger partial charge on any atom is -0.493 e. The topological polar surface area (TPSA) is 40.2 Å². The molecule has 5 heteroatoms. The fraction of sp³-hybridized carbons (Fsp3) is 0.300. The molecule has 4 aliphatic rings. The van der Waals surface area contributed by atoms with Crippen molar-refractivity contribution in [1.29, 1.82) is 0 Å². The molecule has 5 nitrogen and oxygen atoms in total.